The second-order valence-electron chi connectivity index (χ2n) is 10.3. The Morgan fingerprint density at radius 3 is 2.59 bits per heavy atom. The first-order chi connectivity index (χ1) is 18.4. The molecule has 3 aliphatic rings. The van der Waals surface area contributed by atoms with Crippen molar-refractivity contribution < 1.29 is 32.6 Å². The number of hydrogen-bond acceptors (Lipinski definition) is 8. The van der Waals surface area contributed by atoms with E-state index in [-0.39, 0.29) is 52.4 Å². The van der Waals surface area contributed by atoms with Crippen molar-refractivity contribution >= 4 is 40.9 Å². The molecule has 4 heterocycles. The summed E-state index contributed by atoms with van der Waals surface area (Å²) in [5.41, 5.74) is 5.49. The Morgan fingerprint density at radius 1 is 1.23 bits per heavy atom. The van der Waals surface area contributed by atoms with Crippen molar-refractivity contribution in [2.24, 2.45) is 5.41 Å². The summed E-state index contributed by atoms with van der Waals surface area (Å²) in [5, 5.41) is 12.6. The lowest BCUT2D eigenvalue weighted by Gasteiger charge is -2.39. The minimum absolute atomic E-state index is 0.0424. The van der Waals surface area contributed by atoms with Crippen LogP contribution in [-0.4, -0.2) is 65.3 Å². The van der Waals surface area contributed by atoms with Gasteiger partial charge in [0.05, 0.1) is 5.69 Å². The Labute approximate surface area is 227 Å². The second-order valence-corrected chi connectivity index (χ2v) is 10.7. The van der Waals surface area contributed by atoms with Crippen molar-refractivity contribution in [3.05, 3.63) is 34.9 Å². The summed E-state index contributed by atoms with van der Waals surface area (Å²) in [6, 6.07) is 4.59. The summed E-state index contributed by atoms with van der Waals surface area (Å²) in [6.45, 7) is 1.91. The molecule has 1 amide bonds. The van der Waals surface area contributed by atoms with Gasteiger partial charge in [0.2, 0.25) is 23.8 Å². The number of nitrogens with zero attached hydrogens (tertiary/aromatic N) is 4. The number of aliphatic carboxylic acids is 1. The summed E-state index contributed by atoms with van der Waals surface area (Å²) >= 11 is 6.08. The van der Waals surface area contributed by atoms with E-state index in [1.165, 1.54) is 29.2 Å². The van der Waals surface area contributed by atoms with Crippen molar-refractivity contribution in [3.8, 4) is 5.88 Å². The normalized spacial score (nSPS) is 21.9. The third-order valence-corrected chi connectivity index (χ3v) is 7.92. The number of carbonyl (C=O) groups is 2. The van der Waals surface area contributed by atoms with Crippen LogP contribution in [0.2, 0.25) is 5.02 Å². The van der Waals surface area contributed by atoms with Gasteiger partial charge in [-0.1, -0.05) is 17.7 Å². The molecule has 1 aromatic heterocycles. The fourth-order valence-corrected chi connectivity index (χ4v) is 5.80. The zero-order valence-electron chi connectivity index (χ0n) is 20.9. The largest absolute Gasteiger partial charge is 0.480 e. The van der Waals surface area contributed by atoms with E-state index >= 15 is 0 Å². The molecule has 14 heteroatoms. The van der Waals surface area contributed by atoms with Gasteiger partial charge in [0.25, 0.3) is 0 Å². The highest BCUT2D eigenvalue weighted by atomic mass is 35.5. The molecule has 4 N–H and O–H groups in total. The number of anilines is 3. The number of halogens is 4. The molecule has 3 aliphatic heterocycles. The Kier molecular flexibility index (Phi) is 7.23. The number of alkyl halides is 3. The molecule has 39 heavy (non-hydrogen) atoms. The molecule has 10 nitrogen and oxygen atoms in total. The van der Waals surface area contributed by atoms with Crippen LogP contribution in [0.25, 0.3) is 0 Å². The molecule has 2 aromatic rings. The second kappa shape index (κ2) is 10.3. The van der Waals surface area contributed by atoms with E-state index in [0.717, 1.165) is 0 Å². The van der Waals surface area contributed by atoms with Crippen LogP contribution in [0.3, 0.4) is 0 Å². The smallest absolute Gasteiger partial charge is 0.429 e. The summed E-state index contributed by atoms with van der Waals surface area (Å²) in [4.78, 5) is 35.0. The maximum absolute atomic E-state index is 14.4. The molecule has 0 radical (unpaired) electrons. The van der Waals surface area contributed by atoms with Gasteiger partial charge in [0.1, 0.15) is 11.9 Å². The number of piperidine rings is 1. The number of nitrogens with two attached hydrogens (primary N) is 1. The molecule has 3 saturated heterocycles. The van der Waals surface area contributed by atoms with Gasteiger partial charge in [-0.15, -0.1) is 0 Å². The average molecular weight is 569 g/mol. The number of nitrogen functional groups attached to an aromatic ring is 1. The number of nitrogens with one attached hydrogen (secondary N) is 1. The Hall–Kier alpha value is -3.32. The number of aromatic nitrogens is 2. The van der Waals surface area contributed by atoms with Crippen molar-refractivity contribution in [2.75, 3.05) is 41.7 Å². The Bertz CT molecular complexity index is 1270. The van der Waals surface area contributed by atoms with Gasteiger partial charge in [0, 0.05) is 49.3 Å². The molecule has 0 saturated carbocycles. The van der Waals surface area contributed by atoms with Crippen molar-refractivity contribution in [2.45, 2.75) is 50.4 Å². The summed E-state index contributed by atoms with van der Waals surface area (Å²) in [5.74, 6) is -1.45. The highest BCUT2D eigenvalue weighted by Gasteiger charge is 2.46. The van der Waals surface area contributed by atoms with Gasteiger partial charge in [-0.25, -0.2) is 0 Å². The maximum atomic E-state index is 14.4. The van der Waals surface area contributed by atoms with E-state index in [9.17, 15) is 27.9 Å². The van der Waals surface area contributed by atoms with Gasteiger partial charge in [0.15, 0.2) is 0 Å². The lowest BCUT2D eigenvalue weighted by atomic mass is 9.76. The van der Waals surface area contributed by atoms with E-state index in [1.54, 1.807) is 0 Å². The average Bonchev–Trinajstić information content (AvgIpc) is 3.49. The molecule has 2 atom stereocenters. The van der Waals surface area contributed by atoms with Crippen LogP contribution in [-0.2, 0) is 9.59 Å². The molecule has 210 valence electrons. The van der Waals surface area contributed by atoms with Crippen LogP contribution in [0.1, 0.15) is 43.8 Å². The van der Waals surface area contributed by atoms with Gasteiger partial charge in [-0.2, -0.15) is 23.1 Å². The first-order valence-electron chi connectivity index (χ1n) is 12.6. The van der Waals surface area contributed by atoms with Crippen LogP contribution >= 0.6 is 11.6 Å². The minimum Gasteiger partial charge on any atom is -0.480 e. The van der Waals surface area contributed by atoms with E-state index in [0.29, 0.717) is 51.1 Å². The van der Waals surface area contributed by atoms with Crippen molar-refractivity contribution in [1.82, 2.24) is 15.3 Å². The number of benzene rings is 1. The molecule has 5 rings (SSSR count). The van der Waals surface area contributed by atoms with Gasteiger partial charge in [-0.05, 0) is 43.2 Å². The number of amides is 1. The molecule has 0 bridgehead atoms. The van der Waals surface area contributed by atoms with E-state index in [4.69, 9.17) is 22.1 Å². The molecule has 0 aliphatic carbocycles. The standard InChI is InChI=1S/C25H28ClF3N6O4/c26-14-3-4-15(17(10-14)35-7-1-2-20(35)36)21(25(27,28)29)39-19-11-18(32-23(30)33-19)34-8-5-24(6-9-34)12-16(22(37)38)31-13-24/h3-4,10-11,16,21,31H,1-2,5-9,12-13H2,(H,37,38)(H2,30,32,33)/t16-,21?/m0/s1. The molecule has 1 spiro atoms. The quantitative estimate of drug-likeness (QED) is 0.478. The minimum atomic E-state index is -4.85. The van der Waals surface area contributed by atoms with Crippen LogP contribution in [0, 0.1) is 5.41 Å². The lowest BCUT2D eigenvalue weighted by Crippen LogP contribution is -2.41. The third kappa shape index (κ3) is 5.69. The van der Waals surface area contributed by atoms with Crippen molar-refractivity contribution in [3.63, 3.8) is 0 Å². The first kappa shape index (κ1) is 27.3. The topological polar surface area (TPSA) is 134 Å². The predicted molar refractivity (Wildman–Crippen MR) is 137 cm³/mol. The highest BCUT2D eigenvalue weighted by Crippen LogP contribution is 2.44. The number of hydrogen-bond donors (Lipinski definition) is 3. The van der Waals surface area contributed by atoms with E-state index in [2.05, 4.69) is 15.3 Å². The zero-order chi connectivity index (χ0) is 27.9. The Balaban J connectivity index is 1.39. The van der Waals surface area contributed by atoms with E-state index < -0.39 is 24.3 Å². The number of carboxylic acid groups (broad SMARTS) is 1. The summed E-state index contributed by atoms with van der Waals surface area (Å²) < 4.78 is 48.6. The molecule has 1 unspecified atom stereocenters. The van der Waals surface area contributed by atoms with Crippen LogP contribution in [0.4, 0.5) is 30.6 Å². The van der Waals surface area contributed by atoms with Crippen LogP contribution < -0.4 is 25.6 Å². The fourth-order valence-electron chi connectivity index (χ4n) is 5.64. The molecule has 3 fully saturated rings. The maximum Gasteiger partial charge on any atom is 0.429 e. The monoisotopic (exact) mass is 568 g/mol. The summed E-state index contributed by atoms with van der Waals surface area (Å²) in [6.07, 6.45) is -4.63. The predicted octanol–water partition coefficient (Wildman–Crippen LogP) is 3.55. The number of carboxylic acids is 1. The number of carbonyl (C=O) groups excluding carboxylic acids is 1. The summed E-state index contributed by atoms with van der Waals surface area (Å²) in [7, 11) is 0. The van der Waals surface area contributed by atoms with Gasteiger partial charge >= 0.3 is 12.1 Å². The number of rotatable bonds is 6. The first-order valence-corrected chi connectivity index (χ1v) is 13.0. The Morgan fingerprint density at radius 2 is 1.97 bits per heavy atom. The SMILES string of the molecule is Nc1nc(OC(c2ccc(Cl)cc2N2CCCC2=O)C(F)(F)F)cc(N2CCC3(CC2)CN[C@H](C(=O)O)C3)n1. The van der Waals surface area contributed by atoms with Gasteiger partial charge in [-0.3, -0.25) is 9.59 Å². The lowest BCUT2D eigenvalue weighted by molar-refractivity contribution is -0.198. The third-order valence-electron chi connectivity index (χ3n) is 7.69. The number of ether oxygens (including phenoxy) is 1. The zero-order valence-corrected chi connectivity index (χ0v) is 21.6. The van der Waals surface area contributed by atoms with E-state index in [1.807, 2.05) is 4.90 Å². The van der Waals surface area contributed by atoms with Gasteiger partial charge < -0.3 is 30.7 Å². The highest BCUT2D eigenvalue weighted by molar-refractivity contribution is 6.31. The molecule has 1 aromatic carbocycles. The fraction of sp³-hybridized carbons (Fsp3) is 0.520. The molecular weight excluding hydrogens is 541 g/mol. The van der Waals surface area contributed by atoms with Crippen molar-refractivity contribution in [1.29, 1.82) is 0 Å². The van der Waals surface area contributed by atoms with Crippen LogP contribution in [0.15, 0.2) is 24.3 Å². The van der Waals surface area contributed by atoms with Crippen LogP contribution in [0.5, 0.6) is 5.88 Å². The molecular formula is C25H28ClF3N6O4.